The first-order valence-electron chi connectivity index (χ1n) is 7.34. The van der Waals surface area contributed by atoms with Crippen molar-refractivity contribution in [1.29, 1.82) is 0 Å². The molecule has 130 valence electrons. The van der Waals surface area contributed by atoms with Gasteiger partial charge in [-0.05, 0) is 12.8 Å². The minimum Gasteiger partial charge on any atom is -0.481 e. The fraction of sp³-hybridized carbons (Fsp3) is 0.538. The Labute approximate surface area is 134 Å². The molecular formula is C13H17N5O6. The lowest BCUT2D eigenvalue weighted by atomic mass is 10.0. The van der Waals surface area contributed by atoms with Gasteiger partial charge in [0, 0.05) is 6.42 Å². The second-order valence-electron chi connectivity index (χ2n) is 5.61. The number of carboxylic acid groups (broad SMARTS) is 1. The van der Waals surface area contributed by atoms with E-state index in [0.717, 1.165) is 0 Å². The van der Waals surface area contributed by atoms with Crippen LogP contribution in [0.2, 0.25) is 0 Å². The van der Waals surface area contributed by atoms with Gasteiger partial charge >= 0.3 is 11.7 Å². The zero-order chi connectivity index (χ0) is 17.4. The van der Waals surface area contributed by atoms with Gasteiger partial charge in [0.25, 0.3) is 0 Å². The summed E-state index contributed by atoms with van der Waals surface area (Å²) in [5, 5.41) is 29.0. The molecule has 11 nitrogen and oxygen atoms in total. The van der Waals surface area contributed by atoms with Gasteiger partial charge < -0.3 is 25.8 Å². The number of aliphatic carboxylic acids is 1. The average molecular weight is 339 g/mol. The fourth-order valence-corrected chi connectivity index (χ4v) is 2.79. The Morgan fingerprint density at radius 2 is 2.17 bits per heavy atom. The normalized spacial score (nSPS) is 26.9. The molecule has 0 bridgehead atoms. The molecule has 0 saturated carbocycles. The summed E-state index contributed by atoms with van der Waals surface area (Å²) in [4.78, 5) is 32.2. The molecule has 1 aliphatic rings. The number of anilines is 1. The van der Waals surface area contributed by atoms with Crippen LogP contribution in [0.15, 0.2) is 11.1 Å². The highest BCUT2D eigenvalue weighted by Crippen LogP contribution is 2.33. The number of aliphatic hydroxyl groups is 2. The molecule has 0 radical (unpaired) electrons. The molecule has 11 heteroatoms. The lowest BCUT2D eigenvalue weighted by Crippen LogP contribution is -2.31. The number of nitrogens with zero attached hydrogens (tertiary/aromatic N) is 3. The second-order valence-corrected chi connectivity index (χ2v) is 5.61. The summed E-state index contributed by atoms with van der Waals surface area (Å²) >= 11 is 0. The number of nitrogens with two attached hydrogens (primary N) is 1. The molecule has 3 heterocycles. The van der Waals surface area contributed by atoms with Crippen LogP contribution in [-0.4, -0.2) is 59.1 Å². The predicted octanol–water partition coefficient (Wildman–Crippen LogP) is -1.42. The summed E-state index contributed by atoms with van der Waals surface area (Å²) in [5.41, 5.74) is 5.37. The molecule has 1 fully saturated rings. The van der Waals surface area contributed by atoms with Crippen molar-refractivity contribution in [1.82, 2.24) is 19.5 Å². The number of nitrogens with one attached hydrogen (secondary N) is 1. The van der Waals surface area contributed by atoms with E-state index in [1.54, 1.807) is 0 Å². The first kappa shape index (κ1) is 16.4. The van der Waals surface area contributed by atoms with E-state index in [4.69, 9.17) is 15.6 Å². The summed E-state index contributed by atoms with van der Waals surface area (Å²) in [6.07, 6.45) is -2.40. The van der Waals surface area contributed by atoms with Crippen LogP contribution in [0.3, 0.4) is 0 Å². The molecular weight excluding hydrogens is 322 g/mol. The monoisotopic (exact) mass is 339 g/mol. The number of hydrogen-bond donors (Lipinski definition) is 5. The zero-order valence-corrected chi connectivity index (χ0v) is 12.5. The first-order valence-corrected chi connectivity index (χ1v) is 7.34. The van der Waals surface area contributed by atoms with E-state index < -0.39 is 36.2 Å². The quantitative estimate of drug-likeness (QED) is 0.437. The third-order valence-electron chi connectivity index (χ3n) is 3.96. The zero-order valence-electron chi connectivity index (χ0n) is 12.5. The van der Waals surface area contributed by atoms with Gasteiger partial charge in [-0.1, -0.05) is 0 Å². The van der Waals surface area contributed by atoms with Crippen molar-refractivity contribution in [3.05, 3.63) is 16.8 Å². The van der Waals surface area contributed by atoms with Crippen molar-refractivity contribution in [2.45, 2.75) is 43.8 Å². The Kier molecular flexibility index (Phi) is 4.22. The summed E-state index contributed by atoms with van der Waals surface area (Å²) in [7, 11) is 0. The Balaban J connectivity index is 1.85. The van der Waals surface area contributed by atoms with Gasteiger partial charge in [-0.15, -0.1) is 0 Å². The van der Waals surface area contributed by atoms with Crippen molar-refractivity contribution < 1.29 is 24.9 Å². The number of hydrogen-bond acceptors (Lipinski definition) is 8. The minimum absolute atomic E-state index is 0.0368. The van der Waals surface area contributed by atoms with E-state index >= 15 is 0 Å². The molecule has 2 aromatic heterocycles. The van der Waals surface area contributed by atoms with Crippen LogP contribution >= 0.6 is 0 Å². The molecule has 1 aliphatic heterocycles. The lowest BCUT2D eigenvalue weighted by molar-refractivity contribution is -0.137. The number of carbonyl (C=O) groups is 1. The molecule has 2 unspecified atom stereocenters. The summed E-state index contributed by atoms with van der Waals surface area (Å²) < 4.78 is 6.96. The largest absolute Gasteiger partial charge is 0.481 e. The Morgan fingerprint density at radius 1 is 1.42 bits per heavy atom. The molecule has 0 spiro atoms. The average Bonchev–Trinajstić information content (AvgIpc) is 3.03. The Morgan fingerprint density at radius 3 is 2.88 bits per heavy atom. The Bertz CT molecular complexity index is 817. The van der Waals surface area contributed by atoms with Gasteiger partial charge in [-0.2, -0.15) is 4.98 Å². The van der Waals surface area contributed by atoms with E-state index in [-0.39, 0.29) is 29.8 Å². The smallest absolute Gasteiger partial charge is 0.348 e. The molecule has 1 saturated heterocycles. The van der Waals surface area contributed by atoms with Crippen molar-refractivity contribution in [3.8, 4) is 0 Å². The van der Waals surface area contributed by atoms with Crippen LogP contribution in [0, 0.1) is 0 Å². The van der Waals surface area contributed by atoms with Crippen LogP contribution in [0.1, 0.15) is 25.5 Å². The molecule has 0 amide bonds. The van der Waals surface area contributed by atoms with Crippen LogP contribution in [-0.2, 0) is 9.53 Å². The van der Waals surface area contributed by atoms with E-state index in [2.05, 4.69) is 15.0 Å². The number of ether oxygens (including phenoxy) is 1. The van der Waals surface area contributed by atoms with Gasteiger partial charge in [0.05, 0.1) is 12.4 Å². The third-order valence-corrected chi connectivity index (χ3v) is 3.96. The second kappa shape index (κ2) is 6.19. The molecule has 0 aromatic carbocycles. The van der Waals surface area contributed by atoms with Gasteiger partial charge in [-0.25, -0.2) is 9.78 Å². The number of H-pyrrole nitrogens is 1. The number of aromatic nitrogens is 4. The number of aliphatic hydroxyl groups excluding tert-OH is 2. The highest BCUT2D eigenvalue weighted by molar-refractivity contribution is 5.81. The van der Waals surface area contributed by atoms with Crippen molar-refractivity contribution in [2.24, 2.45) is 0 Å². The van der Waals surface area contributed by atoms with Crippen LogP contribution in [0.4, 0.5) is 5.82 Å². The highest BCUT2D eigenvalue weighted by atomic mass is 16.6. The minimum atomic E-state index is -1.28. The molecule has 3 rings (SSSR count). The SMILES string of the molecule is Nc1[nH]c(=O)nc2c1ncn2[C@@H]1O[C@H](CCCC(=O)O)C(O)C1O. The van der Waals surface area contributed by atoms with Gasteiger partial charge in [0.1, 0.15) is 23.5 Å². The van der Waals surface area contributed by atoms with E-state index in [1.807, 2.05) is 0 Å². The molecule has 6 N–H and O–H groups in total. The van der Waals surface area contributed by atoms with Crippen LogP contribution in [0.25, 0.3) is 11.2 Å². The topological polar surface area (TPSA) is 177 Å². The highest BCUT2D eigenvalue weighted by Gasteiger charge is 2.44. The molecule has 0 aliphatic carbocycles. The van der Waals surface area contributed by atoms with Crippen LogP contribution in [0.5, 0.6) is 0 Å². The summed E-state index contributed by atoms with van der Waals surface area (Å²) in [5.74, 6) is -0.908. The first-order chi connectivity index (χ1) is 11.4. The van der Waals surface area contributed by atoms with Crippen molar-refractivity contribution in [2.75, 3.05) is 5.73 Å². The van der Waals surface area contributed by atoms with Gasteiger partial charge in [-0.3, -0.25) is 14.3 Å². The van der Waals surface area contributed by atoms with Gasteiger partial charge in [0.2, 0.25) is 0 Å². The number of carboxylic acids is 1. The third kappa shape index (κ3) is 2.84. The fourth-order valence-electron chi connectivity index (χ4n) is 2.79. The van der Waals surface area contributed by atoms with Gasteiger partial charge in [0.15, 0.2) is 11.9 Å². The molecule has 24 heavy (non-hydrogen) atoms. The van der Waals surface area contributed by atoms with Crippen molar-refractivity contribution in [3.63, 3.8) is 0 Å². The van der Waals surface area contributed by atoms with E-state index in [1.165, 1.54) is 10.9 Å². The Hall–Kier alpha value is -2.50. The number of imidazole rings is 1. The number of fused-ring (bicyclic) bond motifs is 1. The van der Waals surface area contributed by atoms with E-state index in [0.29, 0.717) is 6.42 Å². The maximum absolute atomic E-state index is 11.5. The molecule has 4 atom stereocenters. The van der Waals surface area contributed by atoms with Crippen molar-refractivity contribution >= 4 is 23.0 Å². The number of nitrogen functional groups attached to an aromatic ring is 1. The maximum Gasteiger partial charge on any atom is 0.348 e. The van der Waals surface area contributed by atoms with Crippen LogP contribution < -0.4 is 11.4 Å². The summed E-state index contributed by atoms with van der Waals surface area (Å²) in [6, 6.07) is 0. The number of aromatic amines is 1. The predicted molar refractivity (Wildman–Crippen MR) is 80.0 cm³/mol. The lowest BCUT2D eigenvalue weighted by Gasteiger charge is -2.16. The summed E-state index contributed by atoms with van der Waals surface area (Å²) in [6.45, 7) is 0. The standard InChI is InChI=1S/C13H17N5O6/c14-10-7-11(17-13(23)16-10)18(4-15-7)12-9(22)8(21)5(24-12)2-1-3-6(19)20/h4-5,8-9,12,21-22H,1-3H2,(H,19,20)(H3,14,16,17,23)/t5-,8?,9?,12-/m1/s1. The maximum atomic E-state index is 11.5. The molecule has 2 aromatic rings. The van der Waals surface area contributed by atoms with E-state index in [9.17, 15) is 19.8 Å². The number of rotatable bonds is 5.